The molecule has 0 N–H and O–H groups in total. The number of carbonyl (C=O) groups excluding carboxylic acids is 1. The van der Waals surface area contributed by atoms with E-state index in [1.54, 1.807) is 36.4 Å². The van der Waals surface area contributed by atoms with Crippen molar-refractivity contribution in [2.45, 2.75) is 39.5 Å². The van der Waals surface area contributed by atoms with Gasteiger partial charge in [0.25, 0.3) is 15.9 Å². The molecule has 3 aromatic rings. The molecule has 33 heavy (non-hydrogen) atoms. The van der Waals surface area contributed by atoms with Crippen LogP contribution in [0.25, 0.3) is 0 Å². The molecule has 6 nitrogen and oxygen atoms in total. The molecule has 0 aliphatic carbocycles. The topological polar surface area (TPSA) is 72.9 Å². The molecule has 0 aromatic heterocycles. The van der Waals surface area contributed by atoms with E-state index in [4.69, 9.17) is 9.47 Å². The average molecular weight is 468 g/mol. The van der Waals surface area contributed by atoms with E-state index in [1.165, 1.54) is 12.1 Å². The highest BCUT2D eigenvalue weighted by molar-refractivity contribution is 7.93. The van der Waals surface area contributed by atoms with E-state index in [0.29, 0.717) is 18.1 Å². The molecule has 0 radical (unpaired) electrons. The van der Waals surface area contributed by atoms with Gasteiger partial charge < -0.3 is 9.47 Å². The number of benzene rings is 3. The van der Waals surface area contributed by atoms with Crippen LogP contribution in [0, 0.1) is 27.7 Å². The molecule has 0 aliphatic rings. The Balaban J connectivity index is 1.97. The molecule has 0 unspecified atom stereocenters. The quantitative estimate of drug-likeness (QED) is 0.460. The third-order valence-electron chi connectivity index (χ3n) is 5.28. The van der Waals surface area contributed by atoms with Crippen molar-refractivity contribution in [1.29, 1.82) is 0 Å². The van der Waals surface area contributed by atoms with Gasteiger partial charge in [-0.2, -0.15) is 4.31 Å². The van der Waals surface area contributed by atoms with Crippen LogP contribution in [0.5, 0.6) is 11.5 Å². The molecule has 1 amide bonds. The second-order valence-electron chi connectivity index (χ2n) is 7.90. The summed E-state index contributed by atoms with van der Waals surface area (Å²) < 4.78 is 39.0. The minimum Gasteiger partial charge on any atom is -0.494 e. The average Bonchev–Trinajstić information content (AvgIpc) is 2.77. The summed E-state index contributed by atoms with van der Waals surface area (Å²) in [5.74, 6) is 0.446. The van der Waals surface area contributed by atoms with Gasteiger partial charge in [0.1, 0.15) is 11.5 Å². The highest BCUT2D eigenvalue weighted by Gasteiger charge is 2.31. The molecule has 0 fully saturated rings. The molecule has 3 rings (SSSR count). The highest BCUT2D eigenvalue weighted by atomic mass is 32.2. The van der Waals surface area contributed by atoms with Crippen molar-refractivity contribution in [3.8, 4) is 11.5 Å². The van der Waals surface area contributed by atoms with Gasteiger partial charge in [-0.3, -0.25) is 4.79 Å². The number of amides is 1. The summed E-state index contributed by atoms with van der Waals surface area (Å²) in [6, 6.07) is 16.6. The van der Waals surface area contributed by atoms with E-state index in [2.05, 4.69) is 0 Å². The van der Waals surface area contributed by atoms with Crippen molar-refractivity contribution in [2.24, 2.45) is 0 Å². The molecule has 174 valence electrons. The van der Waals surface area contributed by atoms with E-state index in [0.717, 1.165) is 26.6 Å². The Morgan fingerprint density at radius 2 is 1.48 bits per heavy atom. The van der Waals surface area contributed by atoms with Crippen LogP contribution >= 0.6 is 0 Å². The standard InChI is InChI=1S/C26H29NO5S/c1-6-31-23-11-9-22(10-12-23)27(33(29,30)24-13-7-18(2)8-14-24)26(28)17-32-25-16-19(3)15-20(4)21(25)5/h7-16H,6,17H2,1-5H3. The van der Waals surface area contributed by atoms with Gasteiger partial charge in [-0.15, -0.1) is 0 Å². The van der Waals surface area contributed by atoms with Crippen LogP contribution in [0.2, 0.25) is 0 Å². The van der Waals surface area contributed by atoms with Crippen LogP contribution in [0.3, 0.4) is 0 Å². The molecule has 0 spiro atoms. The number of rotatable bonds is 8. The van der Waals surface area contributed by atoms with Crippen LogP contribution in [-0.2, 0) is 14.8 Å². The van der Waals surface area contributed by atoms with Crippen LogP contribution < -0.4 is 13.8 Å². The predicted octanol–water partition coefficient (Wildman–Crippen LogP) is 5.12. The minimum absolute atomic E-state index is 0.0258. The molecular formula is C26H29NO5S. The van der Waals surface area contributed by atoms with Crippen LogP contribution in [0.1, 0.15) is 29.2 Å². The summed E-state index contributed by atoms with van der Waals surface area (Å²) in [6.45, 7) is 9.58. The SMILES string of the molecule is CCOc1ccc(N(C(=O)COc2cc(C)cc(C)c2C)S(=O)(=O)c2ccc(C)cc2)cc1. The summed E-state index contributed by atoms with van der Waals surface area (Å²) in [6.07, 6.45) is 0. The zero-order valence-corrected chi connectivity index (χ0v) is 20.4. The molecular weight excluding hydrogens is 438 g/mol. The van der Waals surface area contributed by atoms with Crippen LogP contribution in [0.15, 0.2) is 65.6 Å². The Morgan fingerprint density at radius 3 is 2.09 bits per heavy atom. The fraction of sp³-hybridized carbons (Fsp3) is 0.269. The number of hydrogen-bond donors (Lipinski definition) is 0. The van der Waals surface area contributed by atoms with E-state index in [-0.39, 0.29) is 10.6 Å². The largest absolute Gasteiger partial charge is 0.494 e. The maximum atomic E-state index is 13.5. The summed E-state index contributed by atoms with van der Waals surface area (Å²) in [7, 11) is -4.16. The van der Waals surface area contributed by atoms with E-state index >= 15 is 0 Å². The van der Waals surface area contributed by atoms with E-state index in [9.17, 15) is 13.2 Å². The van der Waals surface area contributed by atoms with E-state index < -0.39 is 22.5 Å². The second kappa shape index (κ2) is 10.1. The summed E-state index contributed by atoms with van der Waals surface area (Å²) in [5, 5.41) is 0. The van der Waals surface area contributed by atoms with Gasteiger partial charge in [0, 0.05) is 0 Å². The fourth-order valence-corrected chi connectivity index (χ4v) is 4.84. The minimum atomic E-state index is -4.16. The van der Waals surface area contributed by atoms with Crippen molar-refractivity contribution in [3.63, 3.8) is 0 Å². The maximum absolute atomic E-state index is 13.5. The molecule has 0 aliphatic heterocycles. The van der Waals surface area contributed by atoms with Gasteiger partial charge in [-0.1, -0.05) is 23.8 Å². The van der Waals surface area contributed by atoms with Crippen molar-refractivity contribution < 1.29 is 22.7 Å². The number of ether oxygens (including phenoxy) is 2. The normalized spacial score (nSPS) is 11.2. The molecule has 7 heteroatoms. The van der Waals surface area contributed by atoms with Gasteiger partial charge in [0.15, 0.2) is 6.61 Å². The van der Waals surface area contributed by atoms with Crippen molar-refractivity contribution in [1.82, 2.24) is 0 Å². The van der Waals surface area contributed by atoms with Crippen LogP contribution in [0.4, 0.5) is 5.69 Å². The maximum Gasteiger partial charge on any atom is 0.278 e. The number of nitrogens with zero attached hydrogens (tertiary/aromatic N) is 1. The lowest BCUT2D eigenvalue weighted by molar-refractivity contribution is -0.119. The van der Waals surface area contributed by atoms with Gasteiger partial charge in [0.2, 0.25) is 0 Å². The Bertz CT molecular complexity index is 1230. The van der Waals surface area contributed by atoms with Gasteiger partial charge in [-0.05, 0) is 93.8 Å². The zero-order chi connectivity index (χ0) is 24.2. The first kappa shape index (κ1) is 24.3. The Labute approximate surface area is 195 Å². The number of hydrogen-bond acceptors (Lipinski definition) is 5. The van der Waals surface area contributed by atoms with Crippen molar-refractivity contribution in [2.75, 3.05) is 17.5 Å². The third kappa shape index (κ3) is 5.54. The van der Waals surface area contributed by atoms with Crippen molar-refractivity contribution in [3.05, 3.63) is 82.9 Å². The Kier molecular flexibility index (Phi) is 7.43. The second-order valence-corrected chi connectivity index (χ2v) is 9.68. The lowest BCUT2D eigenvalue weighted by Gasteiger charge is -2.23. The molecule has 3 aromatic carbocycles. The van der Waals surface area contributed by atoms with Crippen LogP contribution in [-0.4, -0.2) is 27.5 Å². The lowest BCUT2D eigenvalue weighted by atomic mass is 10.1. The first-order valence-electron chi connectivity index (χ1n) is 10.7. The fourth-order valence-electron chi connectivity index (χ4n) is 3.43. The van der Waals surface area contributed by atoms with Crippen molar-refractivity contribution >= 4 is 21.6 Å². The number of anilines is 1. The molecule has 0 bridgehead atoms. The lowest BCUT2D eigenvalue weighted by Crippen LogP contribution is -2.40. The zero-order valence-electron chi connectivity index (χ0n) is 19.6. The molecule has 0 heterocycles. The molecule has 0 atom stereocenters. The van der Waals surface area contributed by atoms with Gasteiger partial charge >= 0.3 is 0 Å². The summed E-state index contributed by atoms with van der Waals surface area (Å²) in [5.41, 5.74) is 4.07. The molecule has 0 saturated carbocycles. The van der Waals surface area contributed by atoms with Gasteiger partial charge in [-0.25, -0.2) is 8.42 Å². The molecule has 0 saturated heterocycles. The number of sulfonamides is 1. The summed E-state index contributed by atoms with van der Waals surface area (Å²) in [4.78, 5) is 13.3. The first-order valence-corrected chi connectivity index (χ1v) is 12.2. The highest BCUT2D eigenvalue weighted by Crippen LogP contribution is 2.28. The Morgan fingerprint density at radius 1 is 0.848 bits per heavy atom. The number of aryl methyl sites for hydroxylation is 3. The third-order valence-corrected chi connectivity index (χ3v) is 7.05. The first-order chi connectivity index (χ1) is 15.6. The predicted molar refractivity (Wildman–Crippen MR) is 130 cm³/mol. The summed E-state index contributed by atoms with van der Waals surface area (Å²) >= 11 is 0. The van der Waals surface area contributed by atoms with Gasteiger partial charge in [0.05, 0.1) is 17.2 Å². The van der Waals surface area contributed by atoms with E-state index in [1.807, 2.05) is 46.8 Å². The monoisotopic (exact) mass is 467 g/mol. The smallest absolute Gasteiger partial charge is 0.278 e. The number of carbonyl (C=O) groups is 1. The Hall–Kier alpha value is -3.32.